The van der Waals surface area contributed by atoms with Crippen LogP contribution in [0.25, 0.3) is 11.0 Å². The number of rotatable bonds is 3. The Balaban J connectivity index is 1.71. The molecular formula is C17H16F2N6O2. The summed E-state index contributed by atoms with van der Waals surface area (Å²) < 4.78 is 28.4. The molecule has 0 aliphatic carbocycles. The SMILES string of the molecule is CN1C(=O)C[C@H](Nc2nc3c(cnn3C)c(=O)[nH]2)[C@H]1c1ccc(F)c(F)c1. The van der Waals surface area contributed by atoms with Crippen molar-refractivity contribution in [3.05, 3.63) is 51.9 Å². The summed E-state index contributed by atoms with van der Waals surface area (Å²) in [5.41, 5.74) is 0.477. The van der Waals surface area contributed by atoms with Gasteiger partial charge < -0.3 is 10.2 Å². The maximum absolute atomic E-state index is 13.7. The second-order valence-electron chi connectivity index (χ2n) is 6.50. The van der Waals surface area contributed by atoms with E-state index in [-0.39, 0.29) is 23.8 Å². The number of nitrogens with zero attached hydrogens (tertiary/aromatic N) is 4. The van der Waals surface area contributed by atoms with Crippen molar-refractivity contribution in [3.8, 4) is 0 Å². The third kappa shape index (κ3) is 2.82. The van der Waals surface area contributed by atoms with Gasteiger partial charge in [-0.25, -0.2) is 8.78 Å². The summed E-state index contributed by atoms with van der Waals surface area (Å²) in [6, 6.07) is 2.51. The molecule has 1 aromatic carbocycles. The topological polar surface area (TPSA) is 95.9 Å². The van der Waals surface area contributed by atoms with E-state index in [0.29, 0.717) is 16.6 Å². The lowest BCUT2D eigenvalue weighted by Gasteiger charge is -2.26. The van der Waals surface area contributed by atoms with E-state index in [4.69, 9.17) is 0 Å². The first-order valence-corrected chi connectivity index (χ1v) is 8.24. The number of nitrogens with one attached hydrogen (secondary N) is 2. The number of amides is 1. The fourth-order valence-corrected chi connectivity index (χ4v) is 3.43. The number of hydrogen-bond acceptors (Lipinski definition) is 5. The standard InChI is InChI=1S/C17H16F2N6O2/c1-24-13(26)6-12(14(24)8-3-4-10(18)11(19)5-8)21-17-22-15-9(16(27)23-17)7-20-25(15)2/h3-5,7,12,14H,6H2,1-2H3,(H2,21,22,23,27)/t12-,14+/m0/s1. The Bertz CT molecular complexity index is 1110. The lowest BCUT2D eigenvalue weighted by molar-refractivity contribution is -0.127. The van der Waals surface area contributed by atoms with Crippen molar-refractivity contribution >= 4 is 22.9 Å². The minimum Gasteiger partial charge on any atom is -0.350 e. The lowest BCUT2D eigenvalue weighted by atomic mass is 10.00. The van der Waals surface area contributed by atoms with Gasteiger partial charge in [-0.2, -0.15) is 10.1 Å². The van der Waals surface area contributed by atoms with Crippen molar-refractivity contribution in [2.75, 3.05) is 12.4 Å². The molecule has 2 atom stereocenters. The minimum atomic E-state index is -0.984. The van der Waals surface area contributed by atoms with Gasteiger partial charge in [-0.05, 0) is 17.7 Å². The molecule has 4 rings (SSSR count). The van der Waals surface area contributed by atoms with E-state index in [1.165, 1.54) is 21.8 Å². The molecule has 2 N–H and O–H groups in total. The van der Waals surface area contributed by atoms with Crippen LogP contribution in [0.5, 0.6) is 0 Å². The first-order valence-electron chi connectivity index (χ1n) is 8.24. The zero-order valence-electron chi connectivity index (χ0n) is 14.5. The van der Waals surface area contributed by atoms with Crippen LogP contribution in [0.1, 0.15) is 18.0 Å². The highest BCUT2D eigenvalue weighted by molar-refractivity contribution is 5.81. The third-order valence-electron chi connectivity index (χ3n) is 4.80. The number of H-pyrrole nitrogens is 1. The average molecular weight is 374 g/mol. The molecule has 1 amide bonds. The molecule has 0 radical (unpaired) electrons. The van der Waals surface area contributed by atoms with E-state index in [1.807, 2.05) is 0 Å². The van der Waals surface area contributed by atoms with Crippen LogP contribution in [-0.2, 0) is 11.8 Å². The van der Waals surface area contributed by atoms with Gasteiger partial charge in [-0.15, -0.1) is 0 Å². The van der Waals surface area contributed by atoms with Gasteiger partial charge in [0.15, 0.2) is 17.3 Å². The number of carbonyl (C=O) groups excluding carboxylic acids is 1. The van der Waals surface area contributed by atoms with Crippen LogP contribution in [0.2, 0.25) is 0 Å². The molecule has 1 aliphatic rings. The van der Waals surface area contributed by atoms with Crippen LogP contribution in [-0.4, -0.2) is 43.6 Å². The van der Waals surface area contributed by atoms with Crippen LogP contribution in [0.3, 0.4) is 0 Å². The monoisotopic (exact) mass is 374 g/mol. The molecule has 10 heteroatoms. The number of carbonyl (C=O) groups is 1. The molecule has 3 aromatic rings. The third-order valence-corrected chi connectivity index (χ3v) is 4.80. The Morgan fingerprint density at radius 2 is 2.00 bits per heavy atom. The van der Waals surface area contributed by atoms with E-state index >= 15 is 0 Å². The number of aryl methyl sites for hydroxylation is 1. The Labute approximate surface area is 151 Å². The van der Waals surface area contributed by atoms with Gasteiger partial charge in [0.25, 0.3) is 5.56 Å². The number of fused-ring (bicyclic) bond motifs is 1. The number of aromatic amines is 1. The normalized spacial score (nSPS) is 19.9. The lowest BCUT2D eigenvalue weighted by Crippen LogP contribution is -2.31. The molecule has 140 valence electrons. The summed E-state index contributed by atoms with van der Waals surface area (Å²) in [4.78, 5) is 32.8. The van der Waals surface area contributed by atoms with Crippen LogP contribution >= 0.6 is 0 Å². The van der Waals surface area contributed by atoms with E-state index < -0.39 is 23.7 Å². The van der Waals surface area contributed by atoms with Crippen molar-refractivity contribution in [2.24, 2.45) is 7.05 Å². The second kappa shape index (κ2) is 6.15. The number of benzene rings is 1. The number of likely N-dealkylation sites (N-methyl/N-ethyl adjacent to an activating group) is 1. The highest BCUT2D eigenvalue weighted by Crippen LogP contribution is 2.34. The van der Waals surface area contributed by atoms with Crippen LogP contribution in [0.15, 0.2) is 29.2 Å². The molecule has 0 spiro atoms. The molecule has 2 aromatic heterocycles. The summed E-state index contributed by atoms with van der Waals surface area (Å²) in [6.07, 6.45) is 1.54. The van der Waals surface area contributed by atoms with E-state index in [9.17, 15) is 18.4 Å². The number of likely N-dealkylation sites (tertiary alicyclic amines) is 1. The fraction of sp³-hybridized carbons (Fsp3) is 0.294. The van der Waals surface area contributed by atoms with E-state index in [2.05, 4.69) is 20.4 Å². The predicted molar refractivity (Wildman–Crippen MR) is 93.0 cm³/mol. The quantitative estimate of drug-likeness (QED) is 0.721. The van der Waals surface area contributed by atoms with Gasteiger partial charge in [0.2, 0.25) is 11.9 Å². The van der Waals surface area contributed by atoms with Gasteiger partial charge in [0, 0.05) is 20.5 Å². The van der Waals surface area contributed by atoms with Crippen LogP contribution in [0, 0.1) is 11.6 Å². The molecule has 3 heterocycles. The van der Waals surface area contributed by atoms with E-state index in [1.54, 1.807) is 14.1 Å². The Morgan fingerprint density at radius 3 is 2.74 bits per heavy atom. The summed E-state index contributed by atoms with van der Waals surface area (Å²) in [5, 5.41) is 7.40. The molecule has 0 bridgehead atoms. The molecule has 27 heavy (non-hydrogen) atoms. The zero-order valence-corrected chi connectivity index (χ0v) is 14.5. The highest BCUT2D eigenvalue weighted by Gasteiger charge is 2.39. The summed E-state index contributed by atoms with van der Waals surface area (Å²) in [5.74, 6) is -1.92. The zero-order chi connectivity index (χ0) is 19.3. The van der Waals surface area contributed by atoms with Gasteiger partial charge in [0.1, 0.15) is 5.39 Å². The second-order valence-corrected chi connectivity index (χ2v) is 6.50. The van der Waals surface area contributed by atoms with Gasteiger partial charge in [-0.3, -0.25) is 19.3 Å². The molecule has 1 fully saturated rings. The maximum atomic E-state index is 13.7. The predicted octanol–water partition coefficient (Wildman–Crippen LogP) is 1.32. The smallest absolute Gasteiger partial charge is 0.263 e. The Kier molecular flexibility index (Phi) is 3.90. The van der Waals surface area contributed by atoms with Gasteiger partial charge in [-0.1, -0.05) is 6.07 Å². The maximum Gasteiger partial charge on any atom is 0.263 e. The fourth-order valence-electron chi connectivity index (χ4n) is 3.43. The van der Waals surface area contributed by atoms with Crippen molar-refractivity contribution in [1.29, 1.82) is 0 Å². The van der Waals surface area contributed by atoms with Crippen LogP contribution < -0.4 is 10.9 Å². The van der Waals surface area contributed by atoms with Crippen molar-refractivity contribution in [2.45, 2.75) is 18.5 Å². The highest BCUT2D eigenvalue weighted by atomic mass is 19.2. The van der Waals surface area contributed by atoms with Crippen molar-refractivity contribution in [1.82, 2.24) is 24.6 Å². The molecule has 1 aliphatic heterocycles. The molecule has 1 saturated heterocycles. The summed E-state index contributed by atoms with van der Waals surface area (Å²) in [7, 11) is 3.26. The molecule has 8 nitrogen and oxygen atoms in total. The van der Waals surface area contributed by atoms with Crippen molar-refractivity contribution < 1.29 is 13.6 Å². The number of hydrogen-bond donors (Lipinski definition) is 2. The number of anilines is 1. The van der Waals surface area contributed by atoms with Crippen LogP contribution in [0.4, 0.5) is 14.7 Å². The first-order chi connectivity index (χ1) is 12.8. The number of halogens is 2. The summed E-state index contributed by atoms with van der Waals surface area (Å²) in [6.45, 7) is 0. The minimum absolute atomic E-state index is 0.118. The largest absolute Gasteiger partial charge is 0.350 e. The Morgan fingerprint density at radius 1 is 1.22 bits per heavy atom. The molecular weight excluding hydrogens is 358 g/mol. The van der Waals surface area contributed by atoms with E-state index in [0.717, 1.165) is 12.1 Å². The average Bonchev–Trinajstić information content (AvgIpc) is 3.12. The van der Waals surface area contributed by atoms with Crippen molar-refractivity contribution in [3.63, 3.8) is 0 Å². The summed E-state index contributed by atoms with van der Waals surface area (Å²) >= 11 is 0. The van der Waals surface area contributed by atoms with Gasteiger partial charge >= 0.3 is 0 Å². The molecule has 0 unspecified atom stereocenters. The number of aromatic nitrogens is 4. The first kappa shape index (κ1) is 17.1. The molecule has 0 saturated carbocycles. The van der Waals surface area contributed by atoms with Gasteiger partial charge in [0.05, 0.1) is 18.3 Å². The Hall–Kier alpha value is -3.30.